The lowest BCUT2D eigenvalue weighted by molar-refractivity contribution is -0.929. The number of nitrogens with zero attached hydrogens (tertiary/aromatic N) is 3. The van der Waals surface area contributed by atoms with Crippen LogP contribution in [0.5, 0.6) is 0 Å². The molecule has 2 aliphatic heterocycles. The van der Waals surface area contributed by atoms with Gasteiger partial charge in [-0.05, 0) is 31.0 Å². The zero-order valence-corrected chi connectivity index (χ0v) is 18.0. The quantitative estimate of drug-likeness (QED) is 0.693. The number of hydrogen-bond donors (Lipinski definition) is 1. The number of aromatic nitrogens is 2. The summed E-state index contributed by atoms with van der Waals surface area (Å²) in [4.78, 5) is 27.1. The number of aromatic amines is 1. The Morgan fingerprint density at radius 2 is 1.93 bits per heavy atom. The molecular formula is C23H29N5OS+2. The molecular weight excluding hydrogens is 394 g/mol. The van der Waals surface area contributed by atoms with E-state index in [9.17, 15) is 4.79 Å². The normalized spacial score (nSPS) is 22.4. The molecule has 7 heteroatoms. The minimum atomic E-state index is 0.287. The van der Waals surface area contributed by atoms with Crippen molar-refractivity contribution in [1.82, 2.24) is 9.88 Å². The van der Waals surface area contributed by atoms with E-state index in [-0.39, 0.29) is 5.91 Å². The molecule has 1 aromatic carbocycles. The molecule has 0 radical (unpaired) electrons. The molecule has 30 heavy (non-hydrogen) atoms. The molecule has 156 valence electrons. The van der Waals surface area contributed by atoms with Crippen LogP contribution in [0.4, 0.5) is 5.82 Å². The molecule has 6 nitrogen and oxygen atoms in total. The number of nitrogens with one attached hydrogen (secondary N) is 2. The van der Waals surface area contributed by atoms with E-state index in [1.54, 1.807) is 11.3 Å². The number of hydrogen-bond acceptors (Lipinski definition) is 4. The van der Waals surface area contributed by atoms with Crippen molar-refractivity contribution in [2.24, 2.45) is 0 Å². The molecule has 2 aliphatic rings. The second-order valence-electron chi connectivity index (χ2n) is 8.27. The number of rotatable bonds is 4. The van der Waals surface area contributed by atoms with Crippen LogP contribution in [0.25, 0.3) is 10.2 Å². The Morgan fingerprint density at radius 3 is 2.73 bits per heavy atom. The zero-order chi connectivity index (χ0) is 20.3. The lowest BCUT2D eigenvalue weighted by atomic mass is 10.0. The van der Waals surface area contributed by atoms with Gasteiger partial charge >= 0.3 is 0 Å². The van der Waals surface area contributed by atoms with Crippen LogP contribution in [0.3, 0.4) is 0 Å². The highest BCUT2D eigenvalue weighted by atomic mass is 32.1. The van der Waals surface area contributed by atoms with Gasteiger partial charge in [0.25, 0.3) is 11.7 Å². The number of quaternary nitrogens is 1. The molecule has 3 aromatic rings. The van der Waals surface area contributed by atoms with Crippen molar-refractivity contribution in [3.63, 3.8) is 0 Å². The largest absolute Gasteiger partial charge is 0.330 e. The van der Waals surface area contributed by atoms with E-state index in [0.29, 0.717) is 12.6 Å². The van der Waals surface area contributed by atoms with Crippen molar-refractivity contribution in [2.45, 2.75) is 25.3 Å². The van der Waals surface area contributed by atoms with Crippen molar-refractivity contribution < 1.29 is 14.7 Å². The summed E-state index contributed by atoms with van der Waals surface area (Å²) in [6.45, 7) is 4.98. The van der Waals surface area contributed by atoms with Gasteiger partial charge in [0.05, 0.1) is 36.0 Å². The monoisotopic (exact) mass is 423 g/mol. The summed E-state index contributed by atoms with van der Waals surface area (Å²) < 4.78 is 1.25. The number of carbonyl (C=O) groups is 1. The van der Waals surface area contributed by atoms with E-state index in [1.165, 1.54) is 27.4 Å². The lowest BCUT2D eigenvalue weighted by Crippen LogP contribution is -3.14. The van der Waals surface area contributed by atoms with E-state index >= 15 is 0 Å². The molecule has 4 heterocycles. The van der Waals surface area contributed by atoms with Gasteiger partial charge in [-0.25, -0.2) is 9.97 Å². The number of para-hydroxylation sites is 1. The summed E-state index contributed by atoms with van der Waals surface area (Å²) >= 11 is 1.80. The molecule has 2 saturated heterocycles. The minimum absolute atomic E-state index is 0.287. The second-order valence-corrected chi connectivity index (χ2v) is 9.33. The fourth-order valence-electron chi connectivity index (χ4n) is 4.71. The number of benzene rings is 1. The number of anilines is 1. The summed E-state index contributed by atoms with van der Waals surface area (Å²) in [6, 6.07) is 14.8. The van der Waals surface area contributed by atoms with Crippen molar-refractivity contribution in [3.8, 4) is 0 Å². The Morgan fingerprint density at radius 1 is 1.10 bits per heavy atom. The highest BCUT2D eigenvalue weighted by Crippen LogP contribution is 2.28. The van der Waals surface area contributed by atoms with Gasteiger partial charge in [-0.15, -0.1) is 11.3 Å². The number of piperazine rings is 1. The van der Waals surface area contributed by atoms with Crippen LogP contribution in [-0.2, 0) is 4.79 Å². The van der Waals surface area contributed by atoms with E-state index in [4.69, 9.17) is 4.98 Å². The van der Waals surface area contributed by atoms with Crippen LogP contribution in [0.1, 0.15) is 30.3 Å². The van der Waals surface area contributed by atoms with Gasteiger partial charge < -0.3 is 9.80 Å². The van der Waals surface area contributed by atoms with Gasteiger partial charge in [0.2, 0.25) is 0 Å². The predicted molar refractivity (Wildman–Crippen MR) is 119 cm³/mol. The molecule has 1 amide bonds. The second kappa shape index (κ2) is 8.70. The van der Waals surface area contributed by atoms with Gasteiger partial charge in [0.1, 0.15) is 19.1 Å². The third kappa shape index (κ3) is 4.04. The number of fused-ring (bicyclic) bond motifs is 1. The molecule has 0 saturated carbocycles. The van der Waals surface area contributed by atoms with Gasteiger partial charge in [-0.3, -0.25) is 9.69 Å². The van der Waals surface area contributed by atoms with Gasteiger partial charge in [-0.2, -0.15) is 0 Å². The van der Waals surface area contributed by atoms with Crippen molar-refractivity contribution in [3.05, 3.63) is 53.7 Å². The van der Waals surface area contributed by atoms with Crippen LogP contribution in [0, 0.1) is 0 Å². The lowest BCUT2D eigenvalue weighted by Gasteiger charge is -2.34. The van der Waals surface area contributed by atoms with E-state index in [0.717, 1.165) is 50.5 Å². The maximum Gasteiger partial charge on any atom is 0.278 e. The summed E-state index contributed by atoms with van der Waals surface area (Å²) in [6.07, 6.45) is 5.50. The standard InChI is InChI=1S/C23H27N5OS/c29-22(27-15-13-26(14-16-27)21-10-3-5-11-24-21)17-28-12-6-4-8-19(28)23-25-18-7-1-2-9-20(18)30-23/h1-3,5,7,9-11,19H,4,6,8,12-17H2/p+2/t19-/m1/s1. The SMILES string of the molecule is O=C(C[NH+]1CCCC[C@@H]1c1nc2ccccc2s1)N1CCN(c2cccc[nH+]2)CC1. The fraction of sp³-hybridized carbons (Fsp3) is 0.435. The van der Waals surface area contributed by atoms with Crippen molar-refractivity contribution in [1.29, 1.82) is 0 Å². The van der Waals surface area contributed by atoms with Crippen molar-refractivity contribution >= 4 is 33.3 Å². The first kappa shape index (κ1) is 19.5. The number of thiazole rings is 1. The van der Waals surface area contributed by atoms with Crippen LogP contribution in [0.2, 0.25) is 0 Å². The molecule has 2 N–H and O–H groups in total. The molecule has 2 aromatic heterocycles. The summed E-state index contributed by atoms with van der Waals surface area (Å²) in [5.41, 5.74) is 1.09. The average Bonchev–Trinajstić information content (AvgIpc) is 3.24. The summed E-state index contributed by atoms with van der Waals surface area (Å²) in [5.74, 6) is 1.41. The fourth-order valence-corrected chi connectivity index (χ4v) is 5.87. The number of piperidine rings is 1. The van der Waals surface area contributed by atoms with Gasteiger partial charge in [0, 0.05) is 12.5 Å². The highest BCUT2D eigenvalue weighted by Gasteiger charge is 2.34. The maximum atomic E-state index is 13.1. The Bertz CT molecular complexity index is 966. The third-order valence-corrected chi connectivity index (χ3v) is 7.54. The van der Waals surface area contributed by atoms with Crippen LogP contribution in [0.15, 0.2) is 48.7 Å². The van der Waals surface area contributed by atoms with E-state index < -0.39 is 0 Å². The maximum absolute atomic E-state index is 13.1. The Balaban J connectivity index is 1.23. The number of H-pyrrole nitrogens is 1. The van der Waals surface area contributed by atoms with Crippen LogP contribution < -0.4 is 14.8 Å². The topological polar surface area (TPSA) is 55.0 Å². The molecule has 0 aliphatic carbocycles. The molecule has 5 rings (SSSR count). The molecule has 2 fully saturated rings. The smallest absolute Gasteiger partial charge is 0.278 e. The number of amides is 1. The summed E-state index contributed by atoms with van der Waals surface area (Å²) in [7, 11) is 0. The average molecular weight is 424 g/mol. The first-order chi connectivity index (χ1) is 14.8. The highest BCUT2D eigenvalue weighted by molar-refractivity contribution is 7.18. The molecule has 1 unspecified atom stereocenters. The Hall–Kier alpha value is -2.51. The minimum Gasteiger partial charge on any atom is -0.330 e. The van der Waals surface area contributed by atoms with Crippen molar-refractivity contribution in [2.75, 3.05) is 44.2 Å². The van der Waals surface area contributed by atoms with Crippen LogP contribution in [-0.4, -0.2) is 55.1 Å². The Labute approximate surface area is 181 Å². The molecule has 0 bridgehead atoms. The first-order valence-corrected chi connectivity index (χ1v) is 11.8. The van der Waals surface area contributed by atoms with Gasteiger partial charge in [0.15, 0.2) is 11.6 Å². The molecule has 0 spiro atoms. The predicted octanol–water partition coefficient (Wildman–Crippen LogP) is 1.57. The molecule has 2 atom stereocenters. The number of likely N-dealkylation sites (tertiary alicyclic amines) is 1. The first-order valence-electron chi connectivity index (χ1n) is 11.0. The summed E-state index contributed by atoms with van der Waals surface area (Å²) in [5, 5.41) is 1.20. The van der Waals surface area contributed by atoms with E-state index in [1.807, 2.05) is 24.4 Å². The number of pyridine rings is 1. The number of carbonyl (C=O) groups excluding carboxylic acids is 1. The van der Waals surface area contributed by atoms with Crippen LogP contribution >= 0.6 is 11.3 Å². The third-order valence-electron chi connectivity index (χ3n) is 6.39. The van der Waals surface area contributed by atoms with Gasteiger partial charge in [-0.1, -0.05) is 18.2 Å². The Kier molecular flexibility index (Phi) is 5.64. The zero-order valence-electron chi connectivity index (χ0n) is 17.2. The van der Waals surface area contributed by atoms with E-state index in [2.05, 4.69) is 39.0 Å².